The number of furan rings is 1. The SMILES string of the molecule is CC(C)(C)OC(=O)N1[C@H](c2ccco2)COC1(C)C. The molecule has 19 heavy (non-hydrogen) atoms. The van der Waals surface area contributed by atoms with Crippen molar-refractivity contribution in [2.45, 2.75) is 52.0 Å². The van der Waals surface area contributed by atoms with E-state index in [-0.39, 0.29) is 6.04 Å². The van der Waals surface area contributed by atoms with E-state index in [1.165, 1.54) is 0 Å². The lowest BCUT2D eigenvalue weighted by atomic mass is 10.1. The van der Waals surface area contributed by atoms with Crippen molar-refractivity contribution in [3.8, 4) is 0 Å². The van der Waals surface area contributed by atoms with E-state index in [2.05, 4.69) is 0 Å². The number of ether oxygens (including phenoxy) is 2. The van der Waals surface area contributed by atoms with Crippen molar-refractivity contribution in [1.29, 1.82) is 0 Å². The van der Waals surface area contributed by atoms with Gasteiger partial charge in [0, 0.05) is 0 Å². The quantitative estimate of drug-likeness (QED) is 0.783. The fourth-order valence-corrected chi connectivity index (χ4v) is 2.15. The van der Waals surface area contributed by atoms with Gasteiger partial charge in [-0.05, 0) is 46.8 Å². The molecule has 0 aromatic carbocycles. The number of hydrogen-bond donors (Lipinski definition) is 0. The van der Waals surface area contributed by atoms with Gasteiger partial charge in [-0.15, -0.1) is 0 Å². The van der Waals surface area contributed by atoms with Gasteiger partial charge >= 0.3 is 6.09 Å². The van der Waals surface area contributed by atoms with Crippen molar-refractivity contribution >= 4 is 6.09 Å². The van der Waals surface area contributed by atoms with Crippen LogP contribution in [0.15, 0.2) is 22.8 Å². The van der Waals surface area contributed by atoms with E-state index in [4.69, 9.17) is 13.9 Å². The Bertz CT molecular complexity index is 445. The minimum absolute atomic E-state index is 0.250. The third-order valence-electron chi connectivity index (χ3n) is 2.95. The smallest absolute Gasteiger partial charge is 0.413 e. The van der Waals surface area contributed by atoms with Gasteiger partial charge in [0.25, 0.3) is 0 Å². The van der Waals surface area contributed by atoms with Crippen LogP contribution in [0.25, 0.3) is 0 Å². The molecule has 0 unspecified atom stereocenters. The molecule has 0 N–H and O–H groups in total. The second-order valence-corrected chi connectivity index (χ2v) is 6.14. The molecule has 106 valence electrons. The van der Waals surface area contributed by atoms with Gasteiger partial charge in [-0.2, -0.15) is 0 Å². The molecule has 0 bridgehead atoms. The highest BCUT2D eigenvalue weighted by atomic mass is 16.6. The number of hydrogen-bond acceptors (Lipinski definition) is 4. The van der Waals surface area contributed by atoms with Gasteiger partial charge in [0.05, 0.1) is 12.9 Å². The summed E-state index contributed by atoms with van der Waals surface area (Å²) in [4.78, 5) is 14.0. The summed E-state index contributed by atoms with van der Waals surface area (Å²) in [5.41, 5.74) is -1.25. The largest absolute Gasteiger partial charge is 0.467 e. The highest BCUT2D eigenvalue weighted by molar-refractivity contribution is 5.70. The van der Waals surface area contributed by atoms with E-state index in [1.807, 2.05) is 40.7 Å². The minimum atomic E-state index is -0.709. The lowest BCUT2D eigenvalue weighted by Crippen LogP contribution is -2.47. The van der Waals surface area contributed by atoms with Crippen LogP contribution in [-0.2, 0) is 9.47 Å². The Morgan fingerprint density at radius 3 is 2.68 bits per heavy atom. The molecule has 1 aromatic rings. The maximum Gasteiger partial charge on any atom is 0.413 e. The average Bonchev–Trinajstić information content (AvgIpc) is 2.81. The first kappa shape index (κ1) is 13.9. The Balaban J connectivity index is 2.24. The van der Waals surface area contributed by atoms with Crippen molar-refractivity contribution in [2.24, 2.45) is 0 Å². The van der Waals surface area contributed by atoms with E-state index in [1.54, 1.807) is 17.2 Å². The van der Waals surface area contributed by atoms with Gasteiger partial charge in [0.15, 0.2) is 0 Å². The molecule has 0 aliphatic carbocycles. The number of carbonyl (C=O) groups is 1. The Morgan fingerprint density at radius 2 is 2.16 bits per heavy atom. The van der Waals surface area contributed by atoms with Crippen molar-refractivity contribution in [3.05, 3.63) is 24.2 Å². The fourth-order valence-electron chi connectivity index (χ4n) is 2.15. The van der Waals surface area contributed by atoms with E-state index in [9.17, 15) is 4.79 Å². The van der Waals surface area contributed by atoms with Gasteiger partial charge in [-0.25, -0.2) is 4.79 Å². The van der Waals surface area contributed by atoms with Crippen molar-refractivity contribution in [2.75, 3.05) is 6.61 Å². The summed E-state index contributed by atoms with van der Waals surface area (Å²) < 4.78 is 16.5. The molecule has 1 aliphatic rings. The molecule has 1 amide bonds. The molecule has 5 nitrogen and oxygen atoms in total. The third kappa shape index (κ3) is 2.92. The average molecular weight is 267 g/mol. The predicted molar refractivity (Wildman–Crippen MR) is 69.6 cm³/mol. The number of amides is 1. The maximum absolute atomic E-state index is 12.4. The van der Waals surface area contributed by atoms with Gasteiger partial charge < -0.3 is 13.9 Å². The van der Waals surface area contributed by atoms with Crippen molar-refractivity contribution < 1.29 is 18.7 Å². The minimum Gasteiger partial charge on any atom is -0.467 e. The van der Waals surface area contributed by atoms with Crippen LogP contribution in [0.3, 0.4) is 0 Å². The summed E-state index contributed by atoms with van der Waals surface area (Å²) in [5.74, 6) is 0.705. The molecule has 1 aromatic heterocycles. The predicted octanol–water partition coefficient (Wildman–Crippen LogP) is 3.32. The first-order valence-electron chi connectivity index (χ1n) is 6.40. The molecule has 1 aliphatic heterocycles. The molecular formula is C14H21NO4. The van der Waals surface area contributed by atoms with Crippen LogP contribution < -0.4 is 0 Å². The third-order valence-corrected chi connectivity index (χ3v) is 2.95. The molecule has 0 spiro atoms. The monoisotopic (exact) mass is 267 g/mol. The lowest BCUT2D eigenvalue weighted by molar-refractivity contribution is -0.0632. The summed E-state index contributed by atoms with van der Waals surface area (Å²) >= 11 is 0. The highest BCUT2D eigenvalue weighted by Crippen LogP contribution is 2.37. The fraction of sp³-hybridized carbons (Fsp3) is 0.643. The zero-order valence-electron chi connectivity index (χ0n) is 12.1. The zero-order chi connectivity index (χ0) is 14.3. The van der Waals surface area contributed by atoms with Crippen LogP contribution in [0.5, 0.6) is 0 Å². The second kappa shape index (κ2) is 4.56. The molecule has 5 heteroatoms. The summed E-state index contributed by atoms with van der Waals surface area (Å²) in [6.07, 6.45) is 1.20. The van der Waals surface area contributed by atoms with Gasteiger partial charge in [0.2, 0.25) is 0 Å². The Labute approximate surface area is 113 Å². The van der Waals surface area contributed by atoms with Crippen LogP contribution in [-0.4, -0.2) is 28.9 Å². The molecule has 2 rings (SSSR count). The van der Waals surface area contributed by atoms with Gasteiger partial charge in [-0.1, -0.05) is 0 Å². The van der Waals surface area contributed by atoms with E-state index < -0.39 is 17.4 Å². The molecule has 0 saturated carbocycles. The molecule has 1 fully saturated rings. The van der Waals surface area contributed by atoms with E-state index in [0.29, 0.717) is 12.4 Å². The number of carbonyl (C=O) groups excluding carboxylic acids is 1. The van der Waals surface area contributed by atoms with E-state index in [0.717, 1.165) is 0 Å². The van der Waals surface area contributed by atoms with Crippen LogP contribution in [0.2, 0.25) is 0 Å². The van der Waals surface area contributed by atoms with Crippen LogP contribution in [0.1, 0.15) is 46.4 Å². The summed E-state index contributed by atoms with van der Waals surface area (Å²) in [6.45, 7) is 9.63. The Hall–Kier alpha value is -1.49. The zero-order valence-corrected chi connectivity index (χ0v) is 12.1. The molecular weight excluding hydrogens is 246 g/mol. The van der Waals surface area contributed by atoms with E-state index >= 15 is 0 Å². The Kier molecular flexibility index (Phi) is 3.34. The van der Waals surface area contributed by atoms with Gasteiger partial charge in [0.1, 0.15) is 23.1 Å². The van der Waals surface area contributed by atoms with Crippen LogP contribution in [0, 0.1) is 0 Å². The second-order valence-electron chi connectivity index (χ2n) is 6.14. The van der Waals surface area contributed by atoms with Crippen molar-refractivity contribution in [1.82, 2.24) is 4.90 Å². The summed E-state index contributed by atoms with van der Waals surface area (Å²) in [6, 6.07) is 3.39. The summed E-state index contributed by atoms with van der Waals surface area (Å²) in [7, 11) is 0. The number of rotatable bonds is 1. The standard InChI is InChI=1S/C14H21NO4/c1-13(2,3)19-12(16)15-10(9-18-14(15,4)5)11-7-6-8-17-11/h6-8,10H,9H2,1-5H3/t10-/m0/s1. The highest BCUT2D eigenvalue weighted by Gasteiger charge is 2.47. The first-order valence-corrected chi connectivity index (χ1v) is 6.40. The molecule has 1 saturated heterocycles. The maximum atomic E-state index is 12.4. The Morgan fingerprint density at radius 1 is 1.47 bits per heavy atom. The summed E-state index contributed by atoms with van der Waals surface area (Å²) in [5, 5.41) is 0. The topological polar surface area (TPSA) is 51.9 Å². The molecule has 1 atom stereocenters. The van der Waals surface area contributed by atoms with Crippen LogP contribution in [0.4, 0.5) is 4.79 Å². The molecule has 0 radical (unpaired) electrons. The lowest BCUT2D eigenvalue weighted by Gasteiger charge is -2.34. The first-order chi connectivity index (χ1) is 8.71. The van der Waals surface area contributed by atoms with Crippen LogP contribution >= 0.6 is 0 Å². The van der Waals surface area contributed by atoms with Gasteiger partial charge in [-0.3, -0.25) is 4.90 Å². The van der Waals surface area contributed by atoms with Crippen molar-refractivity contribution in [3.63, 3.8) is 0 Å². The normalized spacial score (nSPS) is 22.6. The number of nitrogens with zero attached hydrogens (tertiary/aromatic N) is 1. The molecule has 2 heterocycles.